The van der Waals surface area contributed by atoms with E-state index in [1.54, 1.807) is 24.3 Å². The van der Waals surface area contributed by atoms with E-state index in [4.69, 9.17) is 9.47 Å². The largest absolute Gasteiger partial charge is 0.478 e. The standard InChI is InChI=1S/C16H18O4S/c1-13-3-7-15(8-4-13)19-11-21(17,18)12-20-16-9-5-14(2)6-10-16/h3-10H,11-12H2,1-2H3. The van der Waals surface area contributed by atoms with Crippen LogP contribution in [-0.4, -0.2) is 20.3 Å². The topological polar surface area (TPSA) is 52.6 Å². The van der Waals surface area contributed by atoms with Gasteiger partial charge in [-0.15, -0.1) is 0 Å². The van der Waals surface area contributed by atoms with Crippen LogP contribution in [0.15, 0.2) is 48.5 Å². The van der Waals surface area contributed by atoms with E-state index < -0.39 is 21.7 Å². The second-order valence-electron chi connectivity index (χ2n) is 4.89. The van der Waals surface area contributed by atoms with E-state index in [0.29, 0.717) is 11.5 Å². The molecule has 0 aliphatic heterocycles. The lowest BCUT2D eigenvalue weighted by molar-refractivity contribution is 0.347. The second kappa shape index (κ2) is 6.63. The van der Waals surface area contributed by atoms with Crippen LogP contribution in [0.4, 0.5) is 0 Å². The van der Waals surface area contributed by atoms with Crippen LogP contribution in [0, 0.1) is 13.8 Å². The van der Waals surface area contributed by atoms with Crippen molar-refractivity contribution in [2.24, 2.45) is 0 Å². The lowest BCUT2D eigenvalue weighted by Crippen LogP contribution is -2.19. The molecule has 0 saturated carbocycles. The minimum absolute atomic E-state index is 0.401. The van der Waals surface area contributed by atoms with Gasteiger partial charge in [0.1, 0.15) is 11.5 Å². The Labute approximate surface area is 125 Å². The molecule has 2 aromatic rings. The van der Waals surface area contributed by atoms with Crippen molar-refractivity contribution in [2.75, 3.05) is 11.9 Å². The Morgan fingerprint density at radius 1 is 0.714 bits per heavy atom. The van der Waals surface area contributed by atoms with Crippen molar-refractivity contribution in [2.45, 2.75) is 13.8 Å². The summed E-state index contributed by atoms with van der Waals surface area (Å²) in [6.45, 7) is 3.91. The number of aryl methyl sites for hydroxylation is 2. The third-order valence-electron chi connectivity index (χ3n) is 2.85. The van der Waals surface area contributed by atoms with Crippen LogP contribution in [0.1, 0.15) is 11.1 Å². The van der Waals surface area contributed by atoms with E-state index in [2.05, 4.69) is 0 Å². The van der Waals surface area contributed by atoms with Gasteiger partial charge in [0.15, 0.2) is 11.9 Å². The van der Waals surface area contributed by atoms with E-state index in [0.717, 1.165) is 11.1 Å². The van der Waals surface area contributed by atoms with Crippen molar-refractivity contribution < 1.29 is 17.9 Å². The molecule has 0 radical (unpaired) electrons. The van der Waals surface area contributed by atoms with Crippen LogP contribution in [0.3, 0.4) is 0 Å². The minimum Gasteiger partial charge on any atom is -0.478 e. The maximum Gasteiger partial charge on any atom is 0.219 e. The van der Waals surface area contributed by atoms with Crippen molar-refractivity contribution in [1.82, 2.24) is 0 Å². The molecule has 0 N–H and O–H groups in total. The quantitative estimate of drug-likeness (QED) is 0.823. The van der Waals surface area contributed by atoms with Gasteiger partial charge < -0.3 is 9.47 Å². The summed E-state index contributed by atoms with van der Waals surface area (Å²) in [6, 6.07) is 14.4. The van der Waals surface area contributed by atoms with Crippen LogP contribution in [0.5, 0.6) is 11.5 Å². The van der Waals surface area contributed by atoms with Crippen molar-refractivity contribution in [3.8, 4) is 11.5 Å². The predicted octanol–water partition coefficient (Wildman–Crippen LogP) is 3.09. The lowest BCUT2D eigenvalue weighted by atomic mass is 10.2. The first-order valence-corrected chi connectivity index (χ1v) is 8.36. The zero-order chi connectivity index (χ0) is 15.3. The van der Waals surface area contributed by atoms with Crippen molar-refractivity contribution >= 4 is 9.84 Å². The van der Waals surface area contributed by atoms with Gasteiger partial charge in [0, 0.05) is 0 Å². The molecule has 0 saturated heterocycles. The first kappa shape index (κ1) is 15.4. The van der Waals surface area contributed by atoms with Gasteiger partial charge in [0.05, 0.1) is 0 Å². The molecular weight excluding hydrogens is 288 g/mol. The smallest absolute Gasteiger partial charge is 0.219 e. The first-order chi connectivity index (χ1) is 9.94. The Morgan fingerprint density at radius 2 is 1.05 bits per heavy atom. The summed E-state index contributed by atoms with van der Waals surface area (Å²) in [7, 11) is -3.44. The summed E-state index contributed by atoms with van der Waals surface area (Å²) in [5.41, 5.74) is 2.18. The van der Waals surface area contributed by atoms with Gasteiger partial charge in [-0.2, -0.15) is 0 Å². The molecule has 112 valence electrons. The van der Waals surface area contributed by atoms with Crippen LogP contribution >= 0.6 is 0 Å². The second-order valence-corrected chi connectivity index (χ2v) is 6.85. The summed E-state index contributed by atoms with van der Waals surface area (Å²) in [6.07, 6.45) is 0. The van der Waals surface area contributed by atoms with E-state index in [1.807, 2.05) is 38.1 Å². The summed E-state index contributed by atoms with van der Waals surface area (Å²) >= 11 is 0. The van der Waals surface area contributed by atoms with Gasteiger partial charge in [-0.05, 0) is 38.1 Å². The first-order valence-electron chi connectivity index (χ1n) is 6.54. The predicted molar refractivity (Wildman–Crippen MR) is 82.3 cm³/mol. The van der Waals surface area contributed by atoms with Gasteiger partial charge in [-0.25, -0.2) is 8.42 Å². The molecular formula is C16H18O4S. The highest BCUT2D eigenvalue weighted by molar-refractivity contribution is 7.91. The highest BCUT2D eigenvalue weighted by atomic mass is 32.2. The van der Waals surface area contributed by atoms with Gasteiger partial charge in [-0.1, -0.05) is 35.4 Å². The zero-order valence-corrected chi connectivity index (χ0v) is 12.9. The monoisotopic (exact) mass is 306 g/mol. The number of rotatable bonds is 6. The van der Waals surface area contributed by atoms with Crippen molar-refractivity contribution in [3.63, 3.8) is 0 Å². The fraction of sp³-hybridized carbons (Fsp3) is 0.250. The molecule has 0 atom stereocenters. The van der Waals surface area contributed by atoms with Crippen molar-refractivity contribution in [3.05, 3.63) is 59.7 Å². The summed E-state index contributed by atoms with van der Waals surface area (Å²) in [5, 5.41) is 0. The van der Waals surface area contributed by atoms with Crippen LogP contribution in [-0.2, 0) is 9.84 Å². The van der Waals surface area contributed by atoms with Gasteiger partial charge >= 0.3 is 0 Å². The molecule has 0 bridgehead atoms. The summed E-state index contributed by atoms with van der Waals surface area (Å²) in [5.74, 6) is 0.253. The van der Waals surface area contributed by atoms with E-state index in [1.165, 1.54) is 0 Å². The average molecular weight is 306 g/mol. The highest BCUT2D eigenvalue weighted by Gasteiger charge is 2.13. The molecule has 21 heavy (non-hydrogen) atoms. The Morgan fingerprint density at radius 3 is 1.38 bits per heavy atom. The Kier molecular flexibility index (Phi) is 4.85. The molecule has 0 unspecified atom stereocenters. The van der Waals surface area contributed by atoms with Crippen LogP contribution < -0.4 is 9.47 Å². The third kappa shape index (κ3) is 5.11. The number of ether oxygens (including phenoxy) is 2. The summed E-state index contributed by atoms with van der Waals surface area (Å²) < 4.78 is 34.3. The maximum atomic E-state index is 11.9. The summed E-state index contributed by atoms with van der Waals surface area (Å²) in [4.78, 5) is 0. The molecule has 0 aliphatic carbocycles. The molecule has 0 amide bonds. The molecule has 4 nitrogen and oxygen atoms in total. The third-order valence-corrected chi connectivity index (χ3v) is 3.81. The van der Waals surface area contributed by atoms with Crippen LogP contribution in [0.25, 0.3) is 0 Å². The van der Waals surface area contributed by atoms with E-state index in [-0.39, 0.29) is 0 Å². The van der Waals surface area contributed by atoms with E-state index in [9.17, 15) is 8.42 Å². The molecule has 2 aromatic carbocycles. The molecule has 0 heterocycles. The Balaban J connectivity index is 1.87. The van der Waals surface area contributed by atoms with Crippen LogP contribution in [0.2, 0.25) is 0 Å². The number of sulfone groups is 1. The van der Waals surface area contributed by atoms with Gasteiger partial charge in [0.25, 0.3) is 0 Å². The average Bonchev–Trinajstić information content (AvgIpc) is 2.46. The lowest BCUT2D eigenvalue weighted by Gasteiger charge is -2.09. The number of hydrogen-bond acceptors (Lipinski definition) is 4. The maximum absolute atomic E-state index is 11.9. The minimum atomic E-state index is -3.44. The molecule has 0 aromatic heterocycles. The normalized spacial score (nSPS) is 11.1. The highest BCUT2D eigenvalue weighted by Crippen LogP contribution is 2.14. The SMILES string of the molecule is Cc1ccc(OCS(=O)(=O)COc2ccc(C)cc2)cc1. The molecule has 0 spiro atoms. The number of benzene rings is 2. The molecule has 0 aliphatic rings. The fourth-order valence-electron chi connectivity index (χ4n) is 1.62. The molecule has 5 heteroatoms. The molecule has 2 rings (SSSR count). The number of hydrogen-bond donors (Lipinski definition) is 0. The Bertz CT molecular complexity index is 618. The Hall–Kier alpha value is -2.01. The van der Waals surface area contributed by atoms with Crippen molar-refractivity contribution in [1.29, 1.82) is 0 Å². The zero-order valence-electron chi connectivity index (χ0n) is 12.1. The van der Waals surface area contributed by atoms with Gasteiger partial charge in [-0.3, -0.25) is 0 Å². The molecule has 0 fully saturated rings. The van der Waals surface area contributed by atoms with E-state index >= 15 is 0 Å². The fourth-order valence-corrected chi connectivity index (χ4v) is 2.32. The van der Waals surface area contributed by atoms with Gasteiger partial charge in [0.2, 0.25) is 9.84 Å².